The van der Waals surface area contributed by atoms with Gasteiger partial charge in [0.2, 0.25) is 0 Å². The Kier molecular flexibility index (Phi) is 3.33. The molecule has 0 amide bonds. The summed E-state index contributed by atoms with van der Waals surface area (Å²) in [5.74, 6) is 0. The predicted octanol–water partition coefficient (Wildman–Crippen LogP) is 1.34. The summed E-state index contributed by atoms with van der Waals surface area (Å²) in [6, 6.07) is 0. The molecule has 3 heteroatoms. The maximum Gasteiger partial charge on any atom is 0.0903 e. The summed E-state index contributed by atoms with van der Waals surface area (Å²) in [5.41, 5.74) is -0.742. The highest BCUT2D eigenvalue weighted by atomic mass is 16.5. The predicted molar refractivity (Wildman–Crippen MR) is 50.7 cm³/mol. The summed E-state index contributed by atoms with van der Waals surface area (Å²) < 4.78 is 10.5. The minimum atomic E-state index is -0.601. The Morgan fingerprint density at radius 1 is 1.54 bits per heavy atom. The Morgan fingerprint density at radius 3 is 2.69 bits per heavy atom. The fraction of sp³-hybridized carbons (Fsp3) is 1.00. The van der Waals surface area contributed by atoms with Crippen molar-refractivity contribution < 1.29 is 14.6 Å². The lowest BCUT2D eigenvalue weighted by molar-refractivity contribution is -0.0288. The topological polar surface area (TPSA) is 38.7 Å². The van der Waals surface area contributed by atoms with Crippen molar-refractivity contribution in [3.8, 4) is 0 Å². The number of hydrogen-bond acceptors (Lipinski definition) is 3. The van der Waals surface area contributed by atoms with E-state index in [2.05, 4.69) is 0 Å². The van der Waals surface area contributed by atoms with Gasteiger partial charge in [0, 0.05) is 20.1 Å². The fourth-order valence-corrected chi connectivity index (χ4v) is 1.43. The lowest BCUT2D eigenvalue weighted by atomic mass is 9.91. The number of rotatable bonds is 4. The molecule has 3 nitrogen and oxygen atoms in total. The van der Waals surface area contributed by atoms with Crippen molar-refractivity contribution in [2.24, 2.45) is 0 Å². The molecule has 1 rings (SSSR count). The van der Waals surface area contributed by atoms with Gasteiger partial charge in [0.05, 0.1) is 17.8 Å². The van der Waals surface area contributed by atoms with Crippen LogP contribution in [0, 0.1) is 0 Å². The van der Waals surface area contributed by atoms with Crippen molar-refractivity contribution >= 4 is 0 Å². The van der Waals surface area contributed by atoms with Crippen LogP contribution in [0.25, 0.3) is 0 Å². The van der Waals surface area contributed by atoms with Crippen LogP contribution in [0.15, 0.2) is 0 Å². The first-order valence-electron chi connectivity index (χ1n) is 4.83. The quantitative estimate of drug-likeness (QED) is 0.723. The van der Waals surface area contributed by atoms with E-state index in [9.17, 15) is 5.11 Å². The number of aliphatic hydroxyl groups is 1. The van der Waals surface area contributed by atoms with Gasteiger partial charge in [-0.1, -0.05) is 0 Å². The van der Waals surface area contributed by atoms with E-state index in [1.807, 2.05) is 13.8 Å². The number of ether oxygens (including phenoxy) is 2. The average Bonchev–Trinajstić information content (AvgIpc) is 2.50. The van der Waals surface area contributed by atoms with E-state index in [-0.39, 0.29) is 5.60 Å². The molecule has 1 heterocycles. The largest absolute Gasteiger partial charge is 0.387 e. The molecule has 78 valence electrons. The highest BCUT2D eigenvalue weighted by molar-refractivity contribution is 4.85. The van der Waals surface area contributed by atoms with E-state index in [0.29, 0.717) is 13.2 Å². The highest BCUT2D eigenvalue weighted by Crippen LogP contribution is 2.27. The summed E-state index contributed by atoms with van der Waals surface area (Å²) in [5, 5.41) is 9.97. The summed E-state index contributed by atoms with van der Waals surface area (Å²) in [7, 11) is 1.70. The monoisotopic (exact) mass is 188 g/mol. The molecule has 1 N–H and O–H groups in total. The SMILES string of the molecule is COC(C)(C)CCC1(O)CCOC1. The Hall–Kier alpha value is -0.120. The second kappa shape index (κ2) is 3.95. The summed E-state index contributed by atoms with van der Waals surface area (Å²) in [6.07, 6.45) is 2.38. The van der Waals surface area contributed by atoms with Crippen LogP contribution >= 0.6 is 0 Å². The molecule has 0 bridgehead atoms. The van der Waals surface area contributed by atoms with E-state index in [1.54, 1.807) is 7.11 Å². The van der Waals surface area contributed by atoms with Crippen molar-refractivity contribution in [3.05, 3.63) is 0 Å². The Labute approximate surface area is 80.0 Å². The van der Waals surface area contributed by atoms with Crippen LogP contribution in [0.5, 0.6) is 0 Å². The maximum absolute atomic E-state index is 9.97. The van der Waals surface area contributed by atoms with Gasteiger partial charge in [-0.25, -0.2) is 0 Å². The van der Waals surface area contributed by atoms with Crippen LogP contribution in [-0.4, -0.2) is 36.6 Å². The minimum absolute atomic E-state index is 0.141. The molecule has 1 atom stereocenters. The first-order chi connectivity index (χ1) is 5.97. The lowest BCUT2D eigenvalue weighted by Crippen LogP contribution is -2.33. The Bertz CT molecular complexity index is 160. The third-order valence-electron chi connectivity index (χ3n) is 2.83. The zero-order valence-corrected chi connectivity index (χ0v) is 8.80. The molecule has 0 aromatic rings. The van der Waals surface area contributed by atoms with Gasteiger partial charge in [-0.2, -0.15) is 0 Å². The first kappa shape index (κ1) is 11.0. The normalized spacial score (nSPS) is 29.5. The molecular formula is C10H20O3. The Balaban J connectivity index is 2.32. The van der Waals surface area contributed by atoms with Crippen LogP contribution in [0.4, 0.5) is 0 Å². The molecule has 0 aromatic carbocycles. The highest BCUT2D eigenvalue weighted by Gasteiger charge is 2.33. The van der Waals surface area contributed by atoms with Crippen molar-refractivity contribution in [1.82, 2.24) is 0 Å². The van der Waals surface area contributed by atoms with Gasteiger partial charge < -0.3 is 14.6 Å². The summed E-state index contributed by atoms with van der Waals surface area (Å²) >= 11 is 0. The molecule has 1 fully saturated rings. The smallest absolute Gasteiger partial charge is 0.0903 e. The maximum atomic E-state index is 9.97. The van der Waals surface area contributed by atoms with E-state index in [1.165, 1.54) is 0 Å². The van der Waals surface area contributed by atoms with Crippen LogP contribution in [0.1, 0.15) is 33.1 Å². The van der Waals surface area contributed by atoms with Crippen LogP contribution in [-0.2, 0) is 9.47 Å². The van der Waals surface area contributed by atoms with Gasteiger partial charge in [0.1, 0.15) is 0 Å². The van der Waals surface area contributed by atoms with Gasteiger partial charge in [-0.3, -0.25) is 0 Å². The first-order valence-corrected chi connectivity index (χ1v) is 4.83. The van der Waals surface area contributed by atoms with Gasteiger partial charge in [0.15, 0.2) is 0 Å². The standard InChI is InChI=1S/C10H20O3/c1-9(2,12-3)4-5-10(11)6-7-13-8-10/h11H,4-8H2,1-3H3. The van der Waals surface area contributed by atoms with Crippen molar-refractivity contribution in [2.45, 2.75) is 44.3 Å². The zero-order chi connectivity index (χ0) is 9.95. The third kappa shape index (κ3) is 3.25. The second-order valence-corrected chi connectivity index (χ2v) is 4.49. The molecule has 13 heavy (non-hydrogen) atoms. The van der Waals surface area contributed by atoms with Crippen LogP contribution < -0.4 is 0 Å². The molecule has 1 aliphatic heterocycles. The molecule has 1 aliphatic rings. The lowest BCUT2D eigenvalue weighted by Gasteiger charge is -2.28. The molecule has 0 aliphatic carbocycles. The zero-order valence-electron chi connectivity index (χ0n) is 8.80. The van der Waals surface area contributed by atoms with E-state index in [0.717, 1.165) is 19.3 Å². The molecular weight excluding hydrogens is 168 g/mol. The van der Waals surface area contributed by atoms with Crippen molar-refractivity contribution in [3.63, 3.8) is 0 Å². The summed E-state index contributed by atoms with van der Waals surface area (Å²) in [6.45, 7) is 5.23. The fourth-order valence-electron chi connectivity index (χ4n) is 1.43. The van der Waals surface area contributed by atoms with Crippen LogP contribution in [0.3, 0.4) is 0 Å². The van der Waals surface area contributed by atoms with Gasteiger partial charge in [-0.15, -0.1) is 0 Å². The third-order valence-corrected chi connectivity index (χ3v) is 2.83. The van der Waals surface area contributed by atoms with E-state index < -0.39 is 5.60 Å². The summed E-state index contributed by atoms with van der Waals surface area (Å²) in [4.78, 5) is 0. The average molecular weight is 188 g/mol. The molecule has 1 saturated heterocycles. The molecule has 0 aromatic heterocycles. The van der Waals surface area contributed by atoms with Crippen LogP contribution in [0.2, 0.25) is 0 Å². The number of hydrogen-bond donors (Lipinski definition) is 1. The molecule has 1 unspecified atom stereocenters. The van der Waals surface area contributed by atoms with E-state index >= 15 is 0 Å². The molecule has 0 radical (unpaired) electrons. The van der Waals surface area contributed by atoms with Crippen molar-refractivity contribution in [2.75, 3.05) is 20.3 Å². The van der Waals surface area contributed by atoms with Gasteiger partial charge >= 0.3 is 0 Å². The van der Waals surface area contributed by atoms with E-state index in [4.69, 9.17) is 9.47 Å². The van der Waals surface area contributed by atoms with Crippen molar-refractivity contribution in [1.29, 1.82) is 0 Å². The Morgan fingerprint density at radius 2 is 2.23 bits per heavy atom. The second-order valence-electron chi connectivity index (χ2n) is 4.49. The van der Waals surface area contributed by atoms with Gasteiger partial charge in [0.25, 0.3) is 0 Å². The minimum Gasteiger partial charge on any atom is -0.387 e. The number of methoxy groups -OCH3 is 1. The molecule has 0 saturated carbocycles. The molecule has 0 spiro atoms. The van der Waals surface area contributed by atoms with Gasteiger partial charge in [-0.05, 0) is 26.7 Å².